The molecule has 0 fully saturated rings. The predicted octanol–water partition coefficient (Wildman–Crippen LogP) is 5.44. The van der Waals surface area contributed by atoms with Gasteiger partial charge in [-0.3, -0.25) is 13.9 Å². The molecule has 1 N–H and O–H groups in total. The molecule has 0 bridgehead atoms. The Kier molecular flexibility index (Phi) is 10.2. The van der Waals surface area contributed by atoms with Crippen LogP contribution in [0.2, 0.25) is 10.0 Å². The fourth-order valence-electron chi connectivity index (χ4n) is 3.88. The summed E-state index contributed by atoms with van der Waals surface area (Å²) < 4.78 is 28.5. The summed E-state index contributed by atoms with van der Waals surface area (Å²) >= 11 is 12.1. The summed E-state index contributed by atoms with van der Waals surface area (Å²) in [6.07, 6.45) is 0.742. The van der Waals surface area contributed by atoms with E-state index in [4.69, 9.17) is 23.2 Å². The number of amides is 2. The van der Waals surface area contributed by atoms with Gasteiger partial charge in [0.15, 0.2) is 0 Å². The monoisotopic (exact) mass is 575 g/mol. The number of rotatable bonds is 11. The van der Waals surface area contributed by atoms with Crippen molar-refractivity contribution >= 4 is 50.7 Å². The summed E-state index contributed by atoms with van der Waals surface area (Å²) in [6.45, 7) is 5.57. The Balaban J connectivity index is 2.02. The lowest BCUT2D eigenvalue weighted by Gasteiger charge is -2.32. The second-order valence-electron chi connectivity index (χ2n) is 8.92. The van der Waals surface area contributed by atoms with Crippen molar-refractivity contribution in [2.24, 2.45) is 0 Å². The normalized spacial score (nSPS) is 12.0. The number of halogens is 2. The molecule has 0 aliphatic rings. The topological polar surface area (TPSA) is 86.8 Å². The largest absolute Gasteiger partial charge is 0.354 e. The van der Waals surface area contributed by atoms with Crippen LogP contribution in [0.25, 0.3) is 0 Å². The minimum Gasteiger partial charge on any atom is -0.354 e. The molecule has 0 saturated heterocycles. The second-order valence-corrected chi connectivity index (χ2v) is 11.7. The summed E-state index contributed by atoms with van der Waals surface area (Å²) in [5.41, 5.74) is 2.05. The van der Waals surface area contributed by atoms with Gasteiger partial charge in [-0.2, -0.15) is 0 Å². The van der Waals surface area contributed by atoms with Gasteiger partial charge in [0.05, 0.1) is 10.6 Å². The molecule has 3 aromatic rings. The van der Waals surface area contributed by atoms with Crippen molar-refractivity contribution < 1.29 is 18.0 Å². The number of nitrogens with one attached hydrogen (secondary N) is 1. The third kappa shape index (κ3) is 7.49. The molecule has 38 heavy (non-hydrogen) atoms. The summed E-state index contributed by atoms with van der Waals surface area (Å²) in [4.78, 5) is 28.1. The lowest BCUT2D eigenvalue weighted by Crippen LogP contribution is -2.51. The number of sulfonamides is 1. The number of nitrogens with zero attached hydrogens (tertiary/aromatic N) is 2. The van der Waals surface area contributed by atoms with E-state index in [1.165, 1.54) is 35.2 Å². The van der Waals surface area contributed by atoms with Crippen LogP contribution >= 0.6 is 23.2 Å². The third-order valence-electron chi connectivity index (χ3n) is 5.93. The van der Waals surface area contributed by atoms with Gasteiger partial charge in [0, 0.05) is 23.1 Å². The smallest absolute Gasteiger partial charge is 0.264 e. The maximum absolute atomic E-state index is 13.8. The van der Waals surface area contributed by atoms with Crippen LogP contribution in [-0.2, 0) is 26.2 Å². The Morgan fingerprint density at radius 3 is 2.26 bits per heavy atom. The Bertz CT molecular complexity index is 1380. The molecule has 0 aromatic heterocycles. The number of hydrogen-bond donors (Lipinski definition) is 1. The second kappa shape index (κ2) is 13.1. The van der Waals surface area contributed by atoms with E-state index in [1.54, 1.807) is 25.1 Å². The molecule has 202 valence electrons. The molecule has 0 saturated carbocycles. The quantitative estimate of drug-likeness (QED) is 0.330. The maximum atomic E-state index is 13.8. The summed E-state index contributed by atoms with van der Waals surface area (Å²) in [5.74, 6) is -0.856. The number of hydrogen-bond acceptors (Lipinski definition) is 4. The van der Waals surface area contributed by atoms with Crippen LogP contribution in [0.3, 0.4) is 0 Å². The van der Waals surface area contributed by atoms with Gasteiger partial charge in [-0.25, -0.2) is 8.42 Å². The standard InChI is InChI=1S/C28H31Cl2N3O4S/c1-4-15-31-28(35)21(3)32(18-22-8-5-7-20(2)16-22)27(34)19-33(25-10-6-9-24(30)17-25)38(36,37)26-13-11-23(29)12-14-26/h5-14,16-17,21H,4,15,18-19H2,1-3H3,(H,31,35)/t21-/m0/s1. The van der Waals surface area contributed by atoms with Crippen molar-refractivity contribution in [3.05, 3.63) is 94.0 Å². The van der Waals surface area contributed by atoms with Crippen molar-refractivity contribution in [1.82, 2.24) is 10.2 Å². The molecule has 7 nitrogen and oxygen atoms in total. The van der Waals surface area contributed by atoms with Crippen LogP contribution in [0.4, 0.5) is 5.69 Å². The molecule has 1 atom stereocenters. The molecular formula is C28H31Cl2N3O4S. The molecule has 10 heteroatoms. The molecule has 0 heterocycles. The molecule has 2 amide bonds. The van der Waals surface area contributed by atoms with E-state index in [2.05, 4.69) is 5.32 Å². The highest BCUT2D eigenvalue weighted by atomic mass is 35.5. The number of anilines is 1. The number of benzene rings is 3. The van der Waals surface area contributed by atoms with Crippen molar-refractivity contribution in [2.75, 3.05) is 17.4 Å². The SMILES string of the molecule is CCCNC(=O)[C@H](C)N(Cc1cccc(C)c1)C(=O)CN(c1cccc(Cl)c1)S(=O)(=O)c1ccc(Cl)cc1. The van der Waals surface area contributed by atoms with E-state index in [9.17, 15) is 18.0 Å². The zero-order chi connectivity index (χ0) is 27.9. The minimum absolute atomic E-state index is 0.0337. The Morgan fingerprint density at radius 1 is 0.947 bits per heavy atom. The molecule has 3 rings (SSSR count). The van der Waals surface area contributed by atoms with E-state index < -0.39 is 28.5 Å². The van der Waals surface area contributed by atoms with Gasteiger partial charge in [0.1, 0.15) is 12.6 Å². The first kappa shape index (κ1) is 29.5. The van der Waals surface area contributed by atoms with Crippen LogP contribution in [-0.4, -0.2) is 44.3 Å². The van der Waals surface area contributed by atoms with Crippen molar-refractivity contribution in [2.45, 2.75) is 44.7 Å². The highest BCUT2D eigenvalue weighted by molar-refractivity contribution is 7.92. The molecule has 0 aliphatic heterocycles. The van der Waals surface area contributed by atoms with Gasteiger partial charge in [0.25, 0.3) is 10.0 Å². The molecular weight excluding hydrogens is 545 g/mol. The van der Waals surface area contributed by atoms with E-state index in [0.29, 0.717) is 16.6 Å². The first-order valence-corrected chi connectivity index (χ1v) is 14.4. The fraction of sp³-hybridized carbons (Fsp3) is 0.286. The lowest BCUT2D eigenvalue weighted by atomic mass is 10.1. The fourth-order valence-corrected chi connectivity index (χ4v) is 5.60. The van der Waals surface area contributed by atoms with Crippen LogP contribution in [0.5, 0.6) is 0 Å². The first-order valence-electron chi connectivity index (χ1n) is 12.2. The molecule has 0 spiro atoms. The van der Waals surface area contributed by atoms with Crippen LogP contribution in [0, 0.1) is 6.92 Å². The maximum Gasteiger partial charge on any atom is 0.264 e. The van der Waals surface area contributed by atoms with Gasteiger partial charge in [-0.15, -0.1) is 0 Å². The number of aryl methyl sites for hydroxylation is 1. The summed E-state index contributed by atoms with van der Waals surface area (Å²) in [7, 11) is -4.19. The van der Waals surface area contributed by atoms with Crippen LogP contribution < -0.4 is 9.62 Å². The Hall–Kier alpha value is -3.07. The average molecular weight is 577 g/mol. The Labute approximate surface area is 234 Å². The number of carbonyl (C=O) groups is 2. The minimum atomic E-state index is -4.19. The predicted molar refractivity (Wildman–Crippen MR) is 152 cm³/mol. The zero-order valence-electron chi connectivity index (χ0n) is 21.5. The van der Waals surface area contributed by atoms with Crippen molar-refractivity contribution in [1.29, 1.82) is 0 Å². The third-order valence-corrected chi connectivity index (χ3v) is 8.20. The van der Waals surface area contributed by atoms with Gasteiger partial charge in [0.2, 0.25) is 11.8 Å². The van der Waals surface area contributed by atoms with E-state index >= 15 is 0 Å². The highest BCUT2D eigenvalue weighted by Gasteiger charge is 2.32. The van der Waals surface area contributed by atoms with Crippen LogP contribution in [0.15, 0.2) is 77.7 Å². The molecule has 3 aromatic carbocycles. The zero-order valence-corrected chi connectivity index (χ0v) is 23.9. The highest BCUT2D eigenvalue weighted by Crippen LogP contribution is 2.27. The van der Waals surface area contributed by atoms with Crippen molar-refractivity contribution in [3.63, 3.8) is 0 Å². The van der Waals surface area contributed by atoms with E-state index in [0.717, 1.165) is 21.9 Å². The molecule has 0 aliphatic carbocycles. The van der Waals surface area contributed by atoms with Gasteiger partial charge >= 0.3 is 0 Å². The van der Waals surface area contributed by atoms with E-state index in [-0.39, 0.29) is 23.0 Å². The van der Waals surface area contributed by atoms with E-state index in [1.807, 2.05) is 38.1 Å². The average Bonchev–Trinajstić information content (AvgIpc) is 2.88. The van der Waals surface area contributed by atoms with Gasteiger partial charge in [-0.1, -0.05) is 66.0 Å². The lowest BCUT2D eigenvalue weighted by molar-refractivity contribution is -0.139. The summed E-state index contributed by atoms with van der Waals surface area (Å²) in [5, 5.41) is 3.52. The van der Waals surface area contributed by atoms with Crippen molar-refractivity contribution in [3.8, 4) is 0 Å². The molecule has 0 unspecified atom stereocenters. The van der Waals surface area contributed by atoms with Gasteiger partial charge in [-0.05, 0) is 68.3 Å². The first-order chi connectivity index (χ1) is 18.0. The molecule has 0 radical (unpaired) electrons. The summed E-state index contributed by atoms with van der Waals surface area (Å²) in [6, 6.07) is 18.7. The number of carbonyl (C=O) groups excluding carboxylic acids is 2. The van der Waals surface area contributed by atoms with Gasteiger partial charge < -0.3 is 10.2 Å². The Morgan fingerprint density at radius 2 is 1.63 bits per heavy atom. The van der Waals surface area contributed by atoms with Crippen LogP contribution in [0.1, 0.15) is 31.4 Å².